The molecule has 3 aromatic carbocycles. The van der Waals surface area contributed by atoms with Crippen molar-refractivity contribution in [2.24, 2.45) is 5.73 Å². The molecule has 1 heterocycles. The van der Waals surface area contributed by atoms with Crippen LogP contribution in [0.5, 0.6) is 5.75 Å². The number of hydrogen-bond acceptors (Lipinski definition) is 5. The average molecular weight is 460 g/mol. The van der Waals surface area contributed by atoms with E-state index >= 15 is 0 Å². The molecule has 0 fully saturated rings. The van der Waals surface area contributed by atoms with Gasteiger partial charge in [-0.05, 0) is 65.6 Å². The largest absolute Gasteiger partial charge is 0.497 e. The van der Waals surface area contributed by atoms with Gasteiger partial charge in [-0.15, -0.1) is 0 Å². The van der Waals surface area contributed by atoms with E-state index in [-0.39, 0.29) is 5.78 Å². The Hall–Kier alpha value is -3.41. The Morgan fingerprint density at radius 1 is 1.06 bits per heavy atom. The van der Waals surface area contributed by atoms with Crippen molar-refractivity contribution < 1.29 is 9.53 Å². The predicted molar refractivity (Wildman–Crippen MR) is 136 cm³/mol. The first-order valence-electron chi connectivity index (χ1n) is 10.9. The van der Waals surface area contributed by atoms with Crippen molar-refractivity contribution in [1.29, 1.82) is 0 Å². The molecular weight excluding hydrogens is 434 g/mol. The fourth-order valence-corrected chi connectivity index (χ4v) is 4.02. The lowest BCUT2D eigenvalue weighted by atomic mass is 9.98. The lowest BCUT2D eigenvalue weighted by Gasteiger charge is -2.16. The van der Waals surface area contributed by atoms with Crippen molar-refractivity contribution in [3.05, 3.63) is 83.0 Å². The molecule has 4 aromatic rings. The summed E-state index contributed by atoms with van der Waals surface area (Å²) in [7, 11) is 1.61. The average Bonchev–Trinajstić information content (AvgIpc) is 2.84. The highest BCUT2D eigenvalue weighted by Gasteiger charge is 2.16. The maximum absolute atomic E-state index is 13.0. The number of Topliss-reactive ketones (excluding diaryl/α,β-unsaturated/α-hetero) is 1. The molecule has 0 radical (unpaired) electrons. The fraction of sp³-hybridized carbons (Fsp3) is 0.185. The highest BCUT2D eigenvalue weighted by atomic mass is 35.5. The Balaban J connectivity index is 1.88. The summed E-state index contributed by atoms with van der Waals surface area (Å²) in [6, 6.07) is 19.5. The van der Waals surface area contributed by atoms with Crippen molar-refractivity contribution in [3.63, 3.8) is 0 Å². The molecule has 4 rings (SSSR count). The number of benzene rings is 3. The molecule has 0 saturated heterocycles. The first-order chi connectivity index (χ1) is 16.0. The molecule has 0 saturated carbocycles. The van der Waals surface area contributed by atoms with E-state index in [2.05, 4.69) is 10.3 Å². The fourth-order valence-electron chi connectivity index (χ4n) is 3.80. The Morgan fingerprint density at radius 3 is 2.55 bits per heavy atom. The second-order valence-corrected chi connectivity index (χ2v) is 8.29. The molecule has 168 valence electrons. The summed E-state index contributed by atoms with van der Waals surface area (Å²) in [6.07, 6.45) is 2.89. The number of carbonyl (C=O) groups is 1. The van der Waals surface area contributed by atoms with Crippen LogP contribution in [-0.2, 0) is 6.54 Å². The predicted octanol–water partition coefficient (Wildman–Crippen LogP) is 6.75. The summed E-state index contributed by atoms with van der Waals surface area (Å²) >= 11 is 6.30. The third kappa shape index (κ3) is 5.00. The van der Waals surface area contributed by atoms with Crippen LogP contribution in [0.3, 0.4) is 0 Å². The minimum Gasteiger partial charge on any atom is -0.497 e. The smallest absolute Gasteiger partial charge is 0.166 e. The summed E-state index contributed by atoms with van der Waals surface area (Å²) in [6.45, 7) is 2.47. The van der Waals surface area contributed by atoms with Crippen LogP contribution < -0.4 is 15.8 Å². The van der Waals surface area contributed by atoms with E-state index in [1.165, 1.54) is 0 Å². The molecule has 0 bridgehead atoms. The standard InChI is InChI=1S/C27H26ClN3O2/c1-3-4-26(32)24-16-30-25-10-7-18(19-11-20(28)14-22(12-19)33-2)13-23(25)27(24)31-21-8-5-17(15-29)6-9-21/h5-14,16H,3-4,15,29H2,1-2H3,(H,30,31). The zero-order valence-corrected chi connectivity index (χ0v) is 19.4. The van der Waals surface area contributed by atoms with Gasteiger partial charge in [0.15, 0.2) is 5.78 Å². The van der Waals surface area contributed by atoms with Crippen LogP contribution in [-0.4, -0.2) is 17.9 Å². The topological polar surface area (TPSA) is 77.2 Å². The molecule has 0 unspecified atom stereocenters. The summed E-state index contributed by atoms with van der Waals surface area (Å²) < 4.78 is 5.38. The Morgan fingerprint density at radius 2 is 1.85 bits per heavy atom. The van der Waals surface area contributed by atoms with E-state index < -0.39 is 0 Å². The molecule has 5 nitrogen and oxygen atoms in total. The Labute approximate surface area is 198 Å². The lowest BCUT2D eigenvalue weighted by molar-refractivity contribution is 0.0982. The minimum atomic E-state index is 0.0582. The minimum absolute atomic E-state index is 0.0582. The van der Waals surface area contributed by atoms with Gasteiger partial charge >= 0.3 is 0 Å². The van der Waals surface area contributed by atoms with Gasteiger partial charge in [-0.25, -0.2) is 0 Å². The van der Waals surface area contributed by atoms with Crippen LogP contribution in [0.15, 0.2) is 66.9 Å². The molecule has 0 spiro atoms. The molecular formula is C27H26ClN3O2. The van der Waals surface area contributed by atoms with Crippen molar-refractivity contribution in [3.8, 4) is 16.9 Å². The molecule has 0 amide bonds. The van der Waals surface area contributed by atoms with Crippen molar-refractivity contribution in [2.75, 3.05) is 12.4 Å². The van der Waals surface area contributed by atoms with Crippen molar-refractivity contribution >= 4 is 39.7 Å². The molecule has 0 atom stereocenters. The van der Waals surface area contributed by atoms with E-state index in [0.717, 1.165) is 45.4 Å². The van der Waals surface area contributed by atoms with E-state index in [9.17, 15) is 4.79 Å². The number of halogens is 1. The number of rotatable bonds is 8. The van der Waals surface area contributed by atoms with Gasteiger partial charge in [0.25, 0.3) is 0 Å². The normalized spacial score (nSPS) is 10.9. The highest BCUT2D eigenvalue weighted by Crippen LogP contribution is 2.35. The second-order valence-electron chi connectivity index (χ2n) is 7.86. The van der Waals surface area contributed by atoms with E-state index in [4.69, 9.17) is 22.1 Å². The molecule has 1 aromatic heterocycles. The molecule has 0 aliphatic carbocycles. The number of nitrogens with zero attached hydrogens (tertiary/aromatic N) is 1. The number of anilines is 2. The number of carbonyl (C=O) groups excluding carboxylic acids is 1. The van der Waals surface area contributed by atoms with Gasteiger partial charge in [-0.1, -0.05) is 36.7 Å². The number of ether oxygens (including phenoxy) is 1. The zero-order chi connectivity index (χ0) is 23.4. The van der Waals surface area contributed by atoms with Gasteiger partial charge in [0.2, 0.25) is 0 Å². The van der Waals surface area contributed by atoms with Crippen molar-refractivity contribution in [1.82, 2.24) is 4.98 Å². The third-order valence-electron chi connectivity index (χ3n) is 5.54. The van der Waals surface area contributed by atoms with Crippen molar-refractivity contribution in [2.45, 2.75) is 26.3 Å². The Kier molecular flexibility index (Phi) is 6.92. The first kappa shape index (κ1) is 22.8. The number of ketones is 1. The molecule has 3 N–H and O–H groups in total. The number of nitrogens with two attached hydrogens (primary N) is 1. The van der Waals surface area contributed by atoms with E-state index in [0.29, 0.717) is 29.3 Å². The van der Waals surface area contributed by atoms with Crippen LogP contribution in [0, 0.1) is 0 Å². The van der Waals surface area contributed by atoms with Gasteiger partial charge in [-0.3, -0.25) is 9.78 Å². The summed E-state index contributed by atoms with van der Waals surface area (Å²) in [5.74, 6) is 0.740. The van der Waals surface area contributed by atoms with Crippen LogP contribution >= 0.6 is 11.6 Å². The molecule has 0 aliphatic heterocycles. The number of pyridine rings is 1. The summed E-state index contributed by atoms with van der Waals surface area (Å²) in [5.41, 5.74) is 11.6. The molecule has 33 heavy (non-hydrogen) atoms. The van der Waals surface area contributed by atoms with E-state index in [1.54, 1.807) is 19.4 Å². The summed E-state index contributed by atoms with van der Waals surface area (Å²) in [5, 5.41) is 4.91. The van der Waals surface area contributed by atoms with Gasteiger partial charge < -0.3 is 15.8 Å². The maximum Gasteiger partial charge on any atom is 0.166 e. The van der Waals surface area contributed by atoms with Crippen LogP contribution in [0.4, 0.5) is 11.4 Å². The first-order valence-corrected chi connectivity index (χ1v) is 11.3. The van der Waals surface area contributed by atoms with E-state index in [1.807, 2.05) is 61.5 Å². The number of hydrogen-bond donors (Lipinski definition) is 2. The number of aromatic nitrogens is 1. The van der Waals surface area contributed by atoms with Crippen LogP contribution in [0.2, 0.25) is 5.02 Å². The lowest BCUT2D eigenvalue weighted by Crippen LogP contribution is -2.06. The van der Waals surface area contributed by atoms with Gasteiger partial charge in [-0.2, -0.15) is 0 Å². The SMILES string of the molecule is CCCC(=O)c1cnc2ccc(-c3cc(Cl)cc(OC)c3)cc2c1Nc1ccc(CN)cc1. The molecule has 0 aliphatic rings. The van der Waals surface area contributed by atoms with Gasteiger partial charge in [0, 0.05) is 35.3 Å². The van der Waals surface area contributed by atoms with Gasteiger partial charge in [0.1, 0.15) is 5.75 Å². The second kappa shape index (κ2) is 10.0. The number of nitrogens with one attached hydrogen (secondary N) is 1. The monoisotopic (exact) mass is 459 g/mol. The number of fused-ring (bicyclic) bond motifs is 1. The quantitative estimate of drug-likeness (QED) is 0.285. The number of methoxy groups -OCH3 is 1. The van der Waals surface area contributed by atoms with Gasteiger partial charge in [0.05, 0.1) is 23.9 Å². The van der Waals surface area contributed by atoms with Crippen LogP contribution in [0.25, 0.3) is 22.0 Å². The third-order valence-corrected chi connectivity index (χ3v) is 5.76. The highest BCUT2D eigenvalue weighted by molar-refractivity contribution is 6.31. The van der Waals surface area contributed by atoms with Crippen LogP contribution in [0.1, 0.15) is 35.7 Å². The summed E-state index contributed by atoms with van der Waals surface area (Å²) in [4.78, 5) is 17.5. The maximum atomic E-state index is 13.0. The molecule has 6 heteroatoms. The Bertz CT molecular complexity index is 1300. The zero-order valence-electron chi connectivity index (χ0n) is 18.7.